The molecule has 2 unspecified atom stereocenters. The SMILES string of the molecule is CCCCN(C(=O)c1cc(OC)c(OC)cc1CCN(C)CC(O)CC(C#N)(c1ccc(OC)c(OC)c1)C(C)C)C(C)(C)C. The van der Waals surface area contributed by atoms with Gasteiger partial charge in [0.05, 0.1) is 46.0 Å². The molecule has 9 nitrogen and oxygen atoms in total. The molecule has 0 spiro atoms. The molecule has 250 valence electrons. The fourth-order valence-electron chi connectivity index (χ4n) is 5.77. The molecule has 0 saturated heterocycles. The van der Waals surface area contributed by atoms with Crippen LogP contribution < -0.4 is 18.9 Å². The number of amides is 1. The Labute approximate surface area is 271 Å². The van der Waals surface area contributed by atoms with Crippen LogP contribution in [0.15, 0.2) is 30.3 Å². The normalized spacial score (nSPS) is 13.6. The van der Waals surface area contributed by atoms with Crippen molar-refractivity contribution in [2.75, 3.05) is 55.1 Å². The second-order valence-electron chi connectivity index (χ2n) is 13.0. The maximum atomic E-state index is 14.0. The van der Waals surface area contributed by atoms with Crippen LogP contribution in [0, 0.1) is 17.2 Å². The van der Waals surface area contributed by atoms with Gasteiger partial charge in [-0.2, -0.15) is 5.26 Å². The molecule has 9 heteroatoms. The third-order valence-corrected chi connectivity index (χ3v) is 8.56. The molecule has 0 bridgehead atoms. The number of methoxy groups -OCH3 is 4. The van der Waals surface area contributed by atoms with Gasteiger partial charge in [0.15, 0.2) is 23.0 Å². The number of carbonyl (C=O) groups is 1. The van der Waals surface area contributed by atoms with Gasteiger partial charge in [0, 0.05) is 30.7 Å². The summed E-state index contributed by atoms with van der Waals surface area (Å²) in [6, 6.07) is 11.7. The molecule has 0 saturated carbocycles. The van der Waals surface area contributed by atoms with Crippen molar-refractivity contribution in [2.45, 2.75) is 84.3 Å². The molecule has 0 aliphatic carbocycles. The number of ether oxygens (including phenoxy) is 4. The highest BCUT2D eigenvalue weighted by Gasteiger charge is 2.39. The molecule has 0 aromatic heterocycles. The van der Waals surface area contributed by atoms with E-state index in [9.17, 15) is 15.2 Å². The fraction of sp³-hybridized carbons (Fsp3) is 0.611. The monoisotopic (exact) mass is 625 g/mol. The quantitative estimate of drug-likeness (QED) is 0.225. The first-order valence-corrected chi connectivity index (χ1v) is 15.8. The molecule has 1 N–H and O–H groups in total. The number of nitriles is 1. The van der Waals surface area contributed by atoms with Gasteiger partial charge in [-0.15, -0.1) is 0 Å². The Morgan fingerprint density at radius 3 is 2.02 bits per heavy atom. The number of rotatable bonds is 17. The van der Waals surface area contributed by atoms with Gasteiger partial charge in [0.25, 0.3) is 5.91 Å². The van der Waals surface area contributed by atoms with Gasteiger partial charge in [0.1, 0.15) is 0 Å². The smallest absolute Gasteiger partial charge is 0.254 e. The zero-order valence-corrected chi connectivity index (χ0v) is 29.3. The third-order valence-electron chi connectivity index (χ3n) is 8.56. The molecule has 45 heavy (non-hydrogen) atoms. The fourth-order valence-corrected chi connectivity index (χ4v) is 5.77. The standard InChI is InChI=1S/C36H55N3O6/c1-12-13-17-39(35(4,5)6)34(41)29-21-33(45-11)31(43-9)19-26(29)16-18-38(7)23-28(40)22-36(24-37,25(2)3)27-14-15-30(42-8)32(20-27)44-10/h14-15,19-21,25,28,40H,12-13,16-18,22-23H2,1-11H3. The van der Waals surface area contributed by atoms with Crippen LogP contribution in [0.3, 0.4) is 0 Å². The second kappa shape index (κ2) is 16.7. The van der Waals surface area contributed by atoms with Crippen LogP contribution in [0.4, 0.5) is 0 Å². The van der Waals surface area contributed by atoms with Gasteiger partial charge in [-0.3, -0.25) is 4.79 Å². The topological polar surface area (TPSA) is 104 Å². The van der Waals surface area contributed by atoms with E-state index in [2.05, 4.69) is 33.8 Å². The van der Waals surface area contributed by atoms with Crippen molar-refractivity contribution in [1.29, 1.82) is 5.26 Å². The lowest BCUT2D eigenvalue weighted by atomic mass is 9.69. The molecule has 0 aliphatic heterocycles. The number of hydrogen-bond donors (Lipinski definition) is 1. The van der Waals surface area contributed by atoms with E-state index in [-0.39, 0.29) is 23.8 Å². The maximum Gasteiger partial charge on any atom is 0.254 e. The predicted molar refractivity (Wildman–Crippen MR) is 179 cm³/mol. The Balaban J connectivity index is 2.32. The number of unbranched alkanes of at least 4 members (excludes halogenated alkanes) is 1. The van der Waals surface area contributed by atoms with Crippen LogP contribution in [0.1, 0.15) is 82.3 Å². The van der Waals surface area contributed by atoms with Gasteiger partial charge < -0.3 is 33.9 Å². The van der Waals surface area contributed by atoms with E-state index in [0.717, 1.165) is 24.0 Å². The van der Waals surface area contributed by atoms with E-state index < -0.39 is 11.5 Å². The van der Waals surface area contributed by atoms with Crippen molar-refractivity contribution in [2.24, 2.45) is 5.92 Å². The first kappa shape index (κ1) is 37.7. The molecule has 0 heterocycles. The highest BCUT2D eigenvalue weighted by molar-refractivity contribution is 5.97. The lowest BCUT2D eigenvalue weighted by Crippen LogP contribution is -2.46. The summed E-state index contributed by atoms with van der Waals surface area (Å²) in [7, 11) is 8.24. The first-order chi connectivity index (χ1) is 21.2. The second-order valence-corrected chi connectivity index (χ2v) is 13.0. The number of nitrogens with zero attached hydrogens (tertiary/aromatic N) is 3. The molecule has 0 radical (unpaired) electrons. The first-order valence-electron chi connectivity index (χ1n) is 15.8. The van der Waals surface area contributed by atoms with E-state index in [0.29, 0.717) is 54.6 Å². The van der Waals surface area contributed by atoms with Crippen LogP contribution in [0.5, 0.6) is 23.0 Å². The Morgan fingerprint density at radius 1 is 0.933 bits per heavy atom. The van der Waals surface area contributed by atoms with Crippen LogP contribution in [0.2, 0.25) is 0 Å². The van der Waals surface area contributed by atoms with Gasteiger partial charge in [0.2, 0.25) is 0 Å². The van der Waals surface area contributed by atoms with Crippen LogP contribution in [0.25, 0.3) is 0 Å². The Morgan fingerprint density at radius 2 is 1.51 bits per heavy atom. The summed E-state index contributed by atoms with van der Waals surface area (Å²) >= 11 is 0. The maximum absolute atomic E-state index is 14.0. The van der Waals surface area contributed by atoms with E-state index in [1.54, 1.807) is 40.6 Å². The highest BCUT2D eigenvalue weighted by atomic mass is 16.5. The predicted octanol–water partition coefficient (Wildman–Crippen LogP) is 6.10. The molecule has 2 atom stereocenters. The molecule has 1 amide bonds. The zero-order valence-electron chi connectivity index (χ0n) is 29.3. The van der Waals surface area contributed by atoms with Gasteiger partial charge in [-0.25, -0.2) is 0 Å². The summed E-state index contributed by atoms with van der Waals surface area (Å²) in [6.45, 7) is 13.9. The minimum Gasteiger partial charge on any atom is -0.493 e. The molecular weight excluding hydrogens is 570 g/mol. The summed E-state index contributed by atoms with van der Waals surface area (Å²) in [5, 5.41) is 21.8. The van der Waals surface area contributed by atoms with Crippen molar-refractivity contribution in [1.82, 2.24) is 9.80 Å². The van der Waals surface area contributed by atoms with Crippen molar-refractivity contribution in [3.63, 3.8) is 0 Å². The summed E-state index contributed by atoms with van der Waals surface area (Å²) in [4.78, 5) is 18.0. The van der Waals surface area contributed by atoms with Gasteiger partial charge >= 0.3 is 0 Å². The summed E-state index contributed by atoms with van der Waals surface area (Å²) in [6.07, 6.45) is 1.93. The Kier molecular flexibility index (Phi) is 14.0. The largest absolute Gasteiger partial charge is 0.493 e. The number of aliphatic hydroxyl groups is 1. The number of aliphatic hydroxyl groups excluding tert-OH is 1. The molecule has 2 aromatic rings. The average molecular weight is 626 g/mol. The molecule has 2 rings (SSSR count). The minimum atomic E-state index is -0.933. The van der Waals surface area contributed by atoms with E-state index in [1.807, 2.05) is 48.9 Å². The number of hydrogen-bond acceptors (Lipinski definition) is 8. The van der Waals surface area contributed by atoms with Crippen LogP contribution in [-0.4, -0.2) is 87.6 Å². The number of carbonyl (C=O) groups excluding carboxylic acids is 1. The van der Waals surface area contributed by atoms with E-state index in [4.69, 9.17) is 18.9 Å². The zero-order chi connectivity index (χ0) is 33.9. The van der Waals surface area contributed by atoms with Crippen LogP contribution in [-0.2, 0) is 11.8 Å². The third kappa shape index (κ3) is 9.27. The number of benzene rings is 2. The highest BCUT2D eigenvalue weighted by Crippen LogP contribution is 2.40. The Bertz CT molecular complexity index is 1300. The lowest BCUT2D eigenvalue weighted by Gasteiger charge is -2.36. The molecular formula is C36H55N3O6. The summed E-state index contributed by atoms with van der Waals surface area (Å²) in [5.74, 6) is 2.09. The van der Waals surface area contributed by atoms with Crippen molar-refractivity contribution in [3.8, 4) is 29.1 Å². The van der Waals surface area contributed by atoms with Crippen molar-refractivity contribution in [3.05, 3.63) is 47.0 Å². The van der Waals surface area contributed by atoms with Crippen molar-refractivity contribution >= 4 is 5.91 Å². The van der Waals surface area contributed by atoms with Gasteiger partial charge in [-0.05, 0) is 88.4 Å². The average Bonchev–Trinajstić information content (AvgIpc) is 3.00. The van der Waals surface area contributed by atoms with E-state index in [1.165, 1.54) is 0 Å². The van der Waals surface area contributed by atoms with Crippen molar-refractivity contribution < 1.29 is 28.8 Å². The Hall–Kier alpha value is -3.48. The summed E-state index contributed by atoms with van der Waals surface area (Å²) < 4.78 is 22.0. The molecule has 0 fully saturated rings. The van der Waals surface area contributed by atoms with E-state index >= 15 is 0 Å². The minimum absolute atomic E-state index is 0.0414. The van der Waals surface area contributed by atoms with Crippen LogP contribution >= 0.6 is 0 Å². The molecule has 2 aromatic carbocycles. The van der Waals surface area contributed by atoms with Gasteiger partial charge in [-0.1, -0.05) is 33.3 Å². The lowest BCUT2D eigenvalue weighted by molar-refractivity contribution is 0.0576. The molecule has 0 aliphatic rings. The summed E-state index contributed by atoms with van der Waals surface area (Å²) in [5.41, 5.74) is 0.930. The number of likely N-dealkylation sites (N-methyl/N-ethyl adjacent to an activating group) is 1.